The van der Waals surface area contributed by atoms with Crippen molar-refractivity contribution in [3.05, 3.63) is 84.4 Å². The Morgan fingerprint density at radius 2 is 1.55 bits per heavy atom. The Morgan fingerprint density at radius 3 is 2.19 bits per heavy atom. The summed E-state index contributed by atoms with van der Waals surface area (Å²) in [6, 6.07) is 26.2. The van der Waals surface area contributed by atoms with Crippen LogP contribution in [0.25, 0.3) is 11.1 Å². The number of morpholine rings is 1. The van der Waals surface area contributed by atoms with Gasteiger partial charge in [0.25, 0.3) is 0 Å². The molecule has 1 N–H and O–H groups in total. The Labute approximate surface area is 188 Å². The molecule has 1 atom stereocenters. The quantitative estimate of drug-likeness (QED) is 0.533. The Bertz CT molecular complexity index is 961. The van der Waals surface area contributed by atoms with Crippen molar-refractivity contribution in [2.45, 2.75) is 12.5 Å². The fraction of sp³-hybridized carbons (Fsp3) is 0.240. The van der Waals surface area contributed by atoms with E-state index in [4.69, 9.17) is 14.6 Å². The SMILES string of the molecule is Cl.O=C(O)CCN1CCOC(c2ccc(Oc3ccc(-c4ccccc4)cc3)cc2)C1. The van der Waals surface area contributed by atoms with Crippen molar-refractivity contribution in [3.63, 3.8) is 0 Å². The van der Waals surface area contributed by atoms with E-state index in [-0.39, 0.29) is 24.9 Å². The lowest BCUT2D eigenvalue weighted by Crippen LogP contribution is -2.39. The van der Waals surface area contributed by atoms with Crippen LogP contribution in [0.5, 0.6) is 11.5 Å². The number of rotatable bonds is 7. The maximum Gasteiger partial charge on any atom is 0.304 e. The molecule has 0 bridgehead atoms. The van der Waals surface area contributed by atoms with E-state index in [2.05, 4.69) is 29.2 Å². The summed E-state index contributed by atoms with van der Waals surface area (Å²) in [5, 5.41) is 8.88. The molecule has 3 aromatic carbocycles. The zero-order valence-corrected chi connectivity index (χ0v) is 18.0. The maximum atomic E-state index is 10.8. The highest BCUT2D eigenvalue weighted by molar-refractivity contribution is 5.85. The zero-order chi connectivity index (χ0) is 20.8. The molecule has 0 spiro atoms. The molecule has 31 heavy (non-hydrogen) atoms. The smallest absolute Gasteiger partial charge is 0.304 e. The first-order valence-electron chi connectivity index (χ1n) is 10.2. The van der Waals surface area contributed by atoms with E-state index in [1.54, 1.807) is 0 Å². The number of aliphatic carboxylic acids is 1. The molecule has 162 valence electrons. The third-order valence-corrected chi connectivity index (χ3v) is 5.24. The van der Waals surface area contributed by atoms with Crippen molar-refractivity contribution in [1.82, 2.24) is 4.90 Å². The molecular weight excluding hydrogens is 414 g/mol. The standard InChI is InChI=1S/C25H25NO4.ClH/c27-25(28)14-15-26-16-17-29-24(18-26)21-8-12-23(13-9-21)30-22-10-6-20(7-11-22)19-4-2-1-3-5-19;/h1-13,24H,14-18H2,(H,27,28);1H. The van der Waals surface area contributed by atoms with Gasteiger partial charge < -0.3 is 14.6 Å². The first-order chi connectivity index (χ1) is 14.7. The average Bonchev–Trinajstić information content (AvgIpc) is 2.79. The summed E-state index contributed by atoms with van der Waals surface area (Å²) in [5.74, 6) is 0.789. The molecule has 1 saturated heterocycles. The Kier molecular flexibility index (Phi) is 8.06. The lowest BCUT2D eigenvalue weighted by molar-refractivity contribution is -0.137. The van der Waals surface area contributed by atoms with Crippen molar-refractivity contribution in [2.24, 2.45) is 0 Å². The Balaban J connectivity index is 0.00000272. The lowest BCUT2D eigenvalue weighted by atomic mass is 10.1. The van der Waals surface area contributed by atoms with E-state index in [1.807, 2.05) is 54.6 Å². The molecule has 0 radical (unpaired) electrons. The van der Waals surface area contributed by atoms with Crippen molar-refractivity contribution in [3.8, 4) is 22.6 Å². The molecule has 6 heteroatoms. The molecule has 0 saturated carbocycles. The van der Waals surface area contributed by atoms with Crippen LogP contribution in [0.1, 0.15) is 18.1 Å². The van der Waals surface area contributed by atoms with Crippen molar-refractivity contribution < 1.29 is 19.4 Å². The van der Waals surface area contributed by atoms with Gasteiger partial charge in [0.05, 0.1) is 19.1 Å². The summed E-state index contributed by atoms with van der Waals surface area (Å²) in [5.41, 5.74) is 3.40. The highest BCUT2D eigenvalue weighted by Crippen LogP contribution is 2.28. The second kappa shape index (κ2) is 11.0. The first kappa shape index (κ1) is 22.8. The van der Waals surface area contributed by atoms with E-state index in [1.165, 1.54) is 5.56 Å². The van der Waals surface area contributed by atoms with E-state index < -0.39 is 5.97 Å². The van der Waals surface area contributed by atoms with Crippen LogP contribution in [0.15, 0.2) is 78.9 Å². The van der Waals surface area contributed by atoms with Gasteiger partial charge in [-0.2, -0.15) is 0 Å². The molecule has 1 unspecified atom stereocenters. The molecule has 5 nitrogen and oxygen atoms in total. The number of ether oxygens (including phenoxy) is 2. The van der Waals surface area contributed by atoms with Gasteiger partial charge in [0.2, 0.25) is 0 Å². The predicted molar refractivity (Wildman–Crippen MR) is 123 cm³/mol. The fourth-order valence-corrected chi connectivity index (χ4v) is 3.59. The summed E-state index contributed by atoms with van der Waals surface area (Å²) < 4.78 is 11.9. The van der Waals surface area contributed by atoms with Gasteiger partial charge in [-0.15, -0.1) is 12.4 Å². The van der Waals surface area contributed by atoms with Crippen LogP contribution in [0, 0.1) is 0 Å². The Morgan fingerprint density at radius 1 is 0.935 bits per heavy atom. The largest absolute Gasteiger partial charge is 0.481 e. The highest BCUT2D eigenvalue weighted by atomic mass is 35.5. The van der Waals surface area contributed by atoms with Gasteiger partial charge in [-0.3, -0.25) is 9.69 Å². The molecule has 1 aliphatic heterocycles. The van der Waals surface area contributed by atoms with Crippen LogP contribution in [0.4, 0.5) is 0 Å². The number of hydrogen-bond acceptors (Lipinski definition) is 4. The minimum atomic E-state index is -0.767. The molecule has 1 aliphatic rings. The maximum absolute atomic E-state index is 10.8. The number of carbonyl (C=O) groups is 1. The molecule has 1 fully saturated rings. The average molecular weight is 440 g/mol. The summed E-state index contributed by atoms with van der Waals surface area (Å²) in [6.07, 6.45) is 0.106. The van der Waals surface area contributed by atoms with Crippen molar-refractivity contribution in [1.29, 1.82) is 0 Å². The normalized spacial score (nSPS) is 16.3. The molecule has 4 rings (SSSR count). The van der Waals surface area contributed by atoms with Crippen LogP contribution in [0.2, 0.25) is 0 Å². The molecule has 0 aromatic heterocycles. The van der Waals surface area contributed by atoms with Gasteiger partial charge in [0.1, 0.15) is 11.5 Å². The molecule has 0 aliphatic carbocycles. The van der Waals surface area contributed by atoms with Crippen LogP contribution >= 0.6 is 12.4 Å². The van der Waals surface area contributed by atoms with Gasteiger partial charge >= 0.3 is 5.97 Å². The van der Waals surface area contributed by atoms with Gasteiger partial charge in [-0.25, -0.2) is 0 Å². The van der Waals surface area contributed by atoms with E-state index >= 15 is 0 Å². The van der Waals surface area contributed by atoms with Crippen LogP contribution in [-0.2, 0) is 9.53 Å². The summed E-state index contributed by atoms with van der Waals surface area (Å²) in [6.45, 7) is 2.63. The van der Waals surface area contributed by atoms with Crippen LogP contribution in [-0.4, -0.2) is 42.2 Å². The fourth-order valence-electron chi connectivity index (χ4n) is 3.59. The monoisotopic (exact) mass is 439 g/mol. The minimum Gasteiger partial charge on any atom is -0.481 e. The summed E-state index contributed by atoms with van der Waals surface area (Å²) in [4.78, 5) is 12.9. The number of carboxylic acid groups (broad SMARTS) is 1. The second-order valence-electron chi connectivity index (χ2n) is 7.37. The number of carboxylic acids is 1. The molecular formula is C25H26ClNO4. The van der Waals surface area contributed by atoms with Crippen molar-refractivity contribution >= 4 is 18.4 Å². The molecule has 0 amide bonds. The van der Waals surface area contributed by atoms with E-state index in [0.717, 1.165) is 29.2 Å². The van der Waals surface area contributed by atoms with Gasteiger partial charge in [-0.05, 0) is 41.0 Å². The number of benzene rings is 3. The Hall–Kier alpha value is -2.86. The molecule has 3 aromatic rings. The molecule has 1 heterocycles. The third kappa shape index (κ3) is 6.31. The lowest BCUT2D eigenvalue weighted by Gasteiger charge is -2.32. The highest BCUT2D eigenvalue weighted by Gasteiger charge is 2.22. The minimum absolute atomic E-state index is 0. The van der Waals surface area contributed by atoms with Gasteiger partial charge in [-0.1, -0.05) is 54.6 Å². The summed E-state index contributed by atoms with van der Waals surface area (Å²) in [7, 11) is 0. The van der Waals surface area contributed by atoms with Crippen molar-refractivity contribution in [2.75, 3.05) is 26.2 Å². The van der Waals surface area contributed by atoms with Crippen LogP contribution in [0.3, 0.4) is 0 Å². The topological polar surface area (TPSA) is 59.0 Å². The number of hydrogen-bond donors (Lipinski definition) is 1. The zero-order valence-electron chi connectivity index (χ0n) is 17.1. The van der Waals surface area contributed by atoms with E-state index in [9.17, 15) is 4.79 Å². The van der Waals surface area contributed by atoms with E-state index in [0.29, 0.717) is 19.7 Å². The second-order valence-corrected chi connectivity index (χ2v) is 7.37. The number of nitrogens with zero attached hydrogens (tertiary/aromatic N) is 1. The first-order valence-corrected chi connectivity index (χ1v) is 10.2. The van der Waals surface area contributed by atoms with Gasteiger partial charge in [0, 0.05) is 19.6 Å². The third-order valence-electron chi connectivity index (χ3n) is 5.24. The predicted octanol–water partition coefficient (Wildman–Crippen LogP) is 5.42. The summed E-state index contributed by atoms with van der Waals surface area (Å²) >= 11 is 0. The van der Waals surface area contributed by atoms with Gasteiger partial charge in [0.15, 0.2) is 0 Å². The number of halogens is 1. The van der Waals surface area contributed by atoms with Crippen LogP contribution < -0.4 is 4.74 Å².